The van der Waals surface area contributed by atoms with E-state index < -0.39 is 11.7 Å². The molecule has 0 aromatic rings. The maximum absolute atomic E-state index is 12.4. The van der Waals surface area contributed by atoms with E-state index in [1.807, 2.05) is 4.90 Å². The van der Waals surface area contributed by atoms with Gasteiger partial charge in [0.15, 0.2) is 0 Å². The Kier molecular flexibility index (Phi) is 6.07. The summed E-state index contributed by atoms with van der Waals surface area (Å²) < 4.78 is 5.11. The maximum atomic E-state index is 12.4. The van der Waals surface area contributed by atoms with E-state index in [1.165, 1.54) is 0 Å². The van der Waals surface area contributed by atoms with Gasteiger partial charge in [-0.1, -0.05) is 12.8 Å². The Morgan fingerprint density at radius 1 is 1.00 bits per heavy atom. The van der Waals surface area contributed by atoms with Crippen molar-refractivity contribution in [3.8, 4) is 0 Å². The topological polar surface area (TPSA) is 79.0 Å². The van der Waals surface area contributed by atoms with Crippen LogP contribution < -0.4 is 5.32 Å². The zero-order valence-corrected chi connectivity index (χ0v) is 15.0. The first-order chi connectivity index (χ1) is 11.3. The standard InChI is InChI=1S/C17H29N3O4/c1-17(2,3)24-16(23)18-12-14(21)19-8-10-20(11-9-19)15(22)13-6-4-5-7-13/h13H,4-12H2,1-3H3,(H,18,23). The molecule has 2 aliphatic rings. The minimum absolute atomic E-state index is 0.0779. The summed E-state index contributed by atoms with van der Waals surface area (Å²) in [7, 11) is 0. The Bertz CT molecular complexity index is 473. The summed E-state index contributed by atoms with van der Waals surface area (Å²) in [5, 5.41) is 2.48. The van der Waals surface area contributed by atoms with Crippen molar-refractivity contribution in [1.29, 1.82) is 0 Å². The smallest absolute Gasteiger partial charge is 0.408 e. The van der Waals surface area contributed by atoms with Crippen LogP contribution in [0, 0.1) is 5.92 Å². The number of alkyl carbamates (subject to hydrolysis) is 1. The molecule has 24 heavy (non-hydrogen) atoms. The van der Waals surface area contributed by atoms with Crippen LogP contribution in [0.3, 0.4) is 0 Å². The summed E-state index contributed by atoms with van der Waals surface area (Å²) in [6.45, 7) is 7.44. The number of carbonyl (C=O) groups is 3. The van der Waals surface area contributed by atoms with Crippen molar-refractivity contribution in [2.24, 2.45) is 5.92 Å². The Morgan fingerprint density at radius 3 is 2.08 bits per heavy atom. The van der Waals surface area contributed by atoms with Crippen LogP contribution in [0.2, 0.25) is 0 Å². The predicted octanol–water partition coefficient (Wildman–Crippen LogP) is 1.37. The van der Waals surface area contributed by atoms with E-state index in [0.717, 1.165) is 25.7 Å². The largest absolute Gasteiger partial charge is 0.444 e. The first-order valence-corrected chi connectivity index (χ1v) is 8.80. The van der Waals surface area contributed by atoms with E-state index in [1.54, 1.807) is 25.7 Å². The summed E-state index contributed by atoms with van der Waals surface area (Å²) in [6, 6.07) is 0. The lowest BCUT2D eigenvalue weighted by Crippen LogP contribution is -2.53. The molecular formula is C17H29N3O4. The fraction of sp³-hybridized carbons (Fsp3) is 0.824. The molecule has 1 saturated carbocycles. The zero-order chi connectivity index (χ0) is 17.7. The Hall–Kier alpha value is -1.79. The Labute approximate surface area is 143 Å². The van der Waals surface area contributed by atoms with Crippen molar-refractivity contribution >= 4 is 17.9 Å². The van der Waals surface area contributed by atoms with E-state index in [4.69, 9.17) is 4.74 Å². The quantitative estimate of drug-likeness (QED) is 0.842. The number of carbonyl (C=O) groups excluding carboxylic acids is 3. The van der Waals surface area contributed by atoms with E-state index in [9.17, 15) is 14.4 Å². The summed E-state index contributed by atoms with van der Waals surface area (Å²) in [5.74, 6) is 0.279. The van der Waals surface area contributed by atoms with Gasteiger partial charge in [0, 0.05) is 32.1 Å². The molecular weight excluding hydrogens is 310 g/mol. The van der Waals surface area contributed by atoms with E-state index in [-0.39, 0.29) is 24.3 Å². The monoisotopic (exact) mass is 339 g/mol. The van der Waals surface area contributed by atoms with Crippen LogP contribution in [0.15, 0.2) is 0 Å². The lowest BCUT2D eigenvalue weighted by Gasteiger charge is -2.36. The molecule has 0 unspecified atom stereocenters. The molecule has 1 heterocycles. The van der Waals surface area contributed by atoms with Gasteiger partial charge in [-0.25, -0.2) is 4.79 Å². The molecule has 7 nitrogen and oxygen atoms in total. The number of nitrogens with zero attached hydrogens (tertiary/aromatic N) is 2. The van der Waals surface area contributed by atoms with E-state index in [0.29, 0.717) is 26.2 Å². The molecule has 0 radical (unpaired) electrons. The highest BCUT2D eigenvalue weighted by Crippen LogP contribution is 2.26. The molecule has 1 N–H and O–H groups in total. The molecule has 1 aliphatic heterocycles. The van der Waals surface area contributed by atoms with Crippen molar-refractivity contribution in [2.45, 2.75) is 52.1 Å². The van der Waals surface area contributed by atoms with Crippen LogP contribution in [0.25, 0.3) is 0 Å². The summed E-state index contributed by atoms with van der Waals surface area (Å²) in [5.41, 5.74) is -0.584. The number of hydrogen-bond acceptors (Lipinski definition) is 4. The fourth-order valence-electron chi connectivity index (χ4n) is 3.18. The Balaban J connectivity index is 1.70. The average molecular weight is 339 g/mol. The number of amides is 3. The van der Waals surface area contributed by atoms with Crippen molar-refractivity contribution in [3.05, 3.63) is 0 Å². The predicted molar refractivity (Wildman–Crippen MR) is 89.4 cm³/mol. The van der Waals surface area contributed by atoms with Crippen molar-refractivity contribution in [1.82, 2.24) is 15.1 Å². The SMILES string of the molecule is CC(C)(C)OC(=O)NCC(=O)N1CCN(C(=O)C2CCCC2)CC1. The first kappa shape index (κ1) is 18.5. The molecule has 2 rings (SSSR count). The van der Waals surface area contributed by atoms with E-state index in [2.05, 4.69) is 5.32 Å². The highest BCUT2D eigenvalue weighted by molar-refractivity contribution is 5.83. The normalized spacial score (nSPS) is 19.3. The van der Waals surface area contributed by atoms with Gasteiger partial charge in [0.1, 0.15) is 12.1 Å². The number of rotatable bonds is 3. The third kappa shape index (κ3) is 5.39. The molecule has 0 aromatic carbocycles. The van der Waals surface area contributed by atoms with Gasteiger partial charge in [0.2, 0.25) is 11.8 Å². The molecule has 0 atom stereocenters. The molecule has 0 aromatic heterocycles. The average Bonchev–Trinajstić information content (AvgIpc) is 3.05. The second-order valence-corrected chi connectivity index (χ2v) is 7.54. The van der Waals surface area contributed by atoms with Gasteiger partial charge in [-0.2, -0.15) is 0 Å². The Morgan fingerprint density at radius 2 is 1.54 bits per heavy atom. The molecule has 1 saturated heterocycles. The highest BCUT2D eigenvalue weighted by Gasteiger charge is 2.30. The van der Waals surface area contributed by atoms with Gasteiger partial charge in [-0.15, -0.1) is 0 Å². The molecule has 3 amide bonds. The molecule has 0 bridgehead atoms. The van der Waals surface area contributed by atoms with Crippen LogP contribution in [0.4, 0.5) is 4.79 Å². The highest BCUT2D eigenvalue weighted by atomic mass is 16.6. The molecule has 1 aliphatic carbocycles. The zero-order valence-electron chi connectivity index (χ0n) is 15.0. The van der Waals surface area contributed by atoms with Gasteiger partial charge < -0.3 is 19.9 Å². The summed E-state index contributed by atoms with van der Waals surface area (Å²) in [6.07, 6.45) is 3.69. The second-order valence-electron chi connectivity index (χ2n) is 7.54. The lowest BCUT2D eigenvalue weighted by molar-refractivity contribution is -0.141. The molecule has 2 fully saturated rings. The minimum atomic E-state index is -0.592. The van der Waals surface area contributed by atoms with Gasteiger partial charge in [-0.05, 0) is 33.6 Å². The van der Waals surface area contributed by atoms with Crippen LogP contribution >= 0.6 is 0 Å². The molecule has 7 heteroatoms. The van der Waals surface area contributed by atoms with Gasteiger partial charge in [0.05, 0.1) is 0 Å². The number of hydrogen-bond donors (Lipinski definition) is 1. The van der Waals surface area contributed by atoms with Crippen molar-refractivity contribution < 1.29 is 19.1 Å². The number of nitrogens with one attached hydrogen (secondary N) is 1. The fourth-order valence-corrected chi connectivity index (χ4v) is 3.18. The maximum Gasteiger partial charge on any atom is 0.408 e. The van der Waals surface area contributed by atoms with Crippen LogP contribution in [0.1, 0.15) is 46.5 Å². The van der Waals surface area contributed by atoms with Crippen LogP contribution in [-0.4, -0.2) is 66.0 Å². The first-order valence-electron chi connectivity index (χ1n) is 8.80. The van der Waals surface area contributed by atoms with Crippen LogP contribution in [0.5, 0.6) is 0 Å². The number of ether oxygens (including phenoxy) is 1. The second kappa shape index (κ2) is 7.85. The van der Waals surface area contributed by atoms with Crippen molar-refractivity contribution in [2.75, 3.05) is 32.7 Å². The summed E-state index contributed by atoms with van der Waals surface area (Å²) in [4.78, 5) is 39.7. The van der Waals surface area contributed by atoms with Crippen molar-refractivity contribution in [3.63, 3.8) is 0 Å². The van der Waals surface area contributed by atoms with Gasteiger partial charge in [0.25, 0.3) is 0 Å². The summed E-state index contributed by atoms with van der Waals surface area (Å²) >= 11 is 0. The third-order valence-electron chi connectivity index (χ3n) is 4.43. The third-order valence-corrected chi connectivity index (χ3v) is 4.43. The van der Waals surface area contributed by atoms with Crippen LogP contribution in [-0.2, 0) is 14.3 Å². The lowest BCUT2D eigenvalue weighted by atomic mass is 10.1. The molecule has 136 valence electrons. The molecule has 0 spiro atoms. The van der Waals surface area contributed by atoms with Gasteiger partial charge in [-0.3, -0.25) is 9.59 Å². The number of piperazine rings is 1. The minimum Gasteiger partial charge on any atom is -0.444 e. The van der Waals surface area contributed by atoms with Gasteiger partial charge >= 0.3 is 6.09 Å². The van der Waals surface area contributed by atoms with E-state index >= 15 is 0 Å².